The fraction of sp³-hybridized carbons (Fsp3) is 0.100. The first-order chi connectivity index (χ1) is 7.50. The van der Waals surface area contributed by atoms with E-state index in [4.69, 9.17) is 10.2 Å². The molecule has 0 fully saturated rings. The number of carboxylic acid groups (broad SMARTS) is 2. The predicted molar refractivity (Wildman–Crippen MR) is 58.3 cm³/mol. The largest absolute Gasteiger partial charge is 0.478 e. The Hall–Kier alpha value is -1.95. The third-order valence-electron chi connectivity index (χ3n) is 2.16. The Kier molecular flexibility index (Phi) is 2.35. The fourth-order valence-corrected chi connectivity index (χ4v) is 2.32. The van der Waals surface area contributed by atoms with E-state index in [9.17, 15) is 9.59 Å². The molecular formula is C10H7NO4S. The molecule has 0 aliphatic carbocycles. The lowest BCUT2D eigenvalue weighted by Crippen LogP contribution is -2.10. The van der Waals surface area contributed by atoms with Crippen molar-refractivity contribution in [3.63, 3.8) is 0 Å². The summed E-state index contributed by atoms with van der Waals surface area (Å²) in [4.78, 5) is 25.6. The van der Waals surface area contributed by atoms with E-state index < -0.39 is 17.6 Å². The molecule has 2 N–H and O–H groups in total. The van der Waals surface area contributed by atoms with E-state index in [1.165, 1.54) is 17.4 Å². The van der Waals surface area contributed by atoms with Gasteiger partial charge in [-0.3, -0.25) is 0 Å². The van der Waals surface area contributed by atoms with Crippen molar-refractivity contribution in [3.05, 3.63) is 28.3 Å². The maximum Gasteiger partial charge on any atom is 0.355 e. The lowest BCUT2D eigenvalue weighted by atomic mass is 10.1. The average Bonchev–Trinajstić information content (AvgIpc) is 2.58. The normalized spacial score (nSPS) is 10.6. The first kappa shape index (κ1) is 10.6. The molecule has 2 aromatic heterocycles. The van der Waals surface area contributed by atoms with Gasteiger partial charge >= 0.3 is 11.9 Å². The minimum absolute atomic E-state index is 0.276. The van der Waals surface area contributed by atoms with Crippen LogP contribution in [0.3, 0.4) is 0 Å². The predicted octanol–water partition coefficient (Wildman–Crippen LogP) is 2.00. The van der Waals surface area contributed by atoms with E-state index in [2.05, 4.69) is 4.98 Å². The molecule has 0 spiro atoms. The fourth-order valence-electron chi connectivity index (χ4n) is 1.40. The van der Waals surface area contributed by atoms with Gasteiger partial charge < -0.3 is 10.2 Å². The van der Waals surface area contributed by atoms with E-state index in [0.29, 0.717) is 10.2 Å². The van der Waals surface area contributed by atoms with Crippen LogP contribution in [0, 0.1) is 6.92 Å². The number of hydrogen-bond acceptors (Lipinski definition) is 4. The molecule has 82 valence electrons. The molecule has 0 saturated carbocycles. The number of thiophene rings is 1. The van der Waals surface area contributed by atoms with Crippen molar-refractivity contribution >= 4 is 33.5 Å². The van der Waals surface area contributed by atoms with Gasteiger partial charge in [0.05, 0.1) is 15.8 Å². The molecule has 0 saturated heterocycles. The van der Waals surface area contributed by atoms with Crippen molar-refractivity contribution in [3.8, 4) is 0 Å². The second-order valence-corrected chi connectivity index (χ2v) is 4.17. The van der Waals surface area contributed by atoms with E-state index >= 15 is 0 Å². The Balaban J connectivity index is 2.83. The van der Waals surface area contributed by atoms with Crippen molar-refractivity contribution in [2.24, 2.45) is 0 Å². The van der Waals surface area contributed by atoms with Crippen LogP contribution in [0.4, 0.5) is 0 Å². The molecule has 0 radical (unpaired) electrons. The van der Waals surface area contributed by atoms with E-state index in [1.807, 2.05) is 5.38 Å². The van der Waals surface area contributed by atoms with Gasteiger partial charge in [-0.25, -0.2) is 14.6 Å². The van der Waals surface area contributed by atoms with Crippen molar-refractivity contribution in [2.75, 3.05) is 0 Å². The highest BCUT2D eigenvalue weighted by molar-refractivity contribution is 7.17. The van der Waals surface area contributed by atoms with Gasteiger partial charge in [0.15, 0.2) is 5.69 Å². The molecule has 0 aliphatic heterocycles. The number of nitrogens with zero attached hydrogens (tertiary/aromatic N) is 1. The average molecular weight is 237 g/mol. The smallest absolute Gasteiger partial charge is 0.355 e. The summed E-state index contributed by atoms with van der Waals surface area (Å²) in [5.74, 6) is -2.61. The van der Waals surface area contributed by atoms with Gasteiger partial charge in [0, 0.05) is 0 Å². The quantitative estimate of drug-likeness (QED) is 0.834. The first-order valence-corrected chi connectivity index (χ1v) is 5.24. The molecule has 0 aromatic carbocycles. The maximum absolute atomic E-state index is 10.9. The summed E-state index contributed by atoms with van der Waals surface area (Å²) in [6.07, 6.45) is 0. The molecule has 0 unspecified atom stereocenters. The summed E-state index contributed by atoms with van der Waals surface area (Å²) in [6.45, 7) is 1.80. The zero-order valence-electron chi connectivity index (χ0n) is 8.22. The van der Waals surface area contributed by atoms with Gasteiger partial charge in [0.25, 0.3) is 0 Å². The number of fused-ring (bicyclic) bond motifs is 1. The Morgan fingerprint density at radius 3 is 2.56 bits per heavy atom. The standard InChI is InChI=1S/C10H7NO4S/c1-4-3-16-6-2-5(9(12)13)8(10(14)15)11-7(4)6/h2-3H,1H3,(H,12,13)(H,14,15). The number of carboxylic acids is 2. The summed E-state index contributed by atoms with van der Waals surface area (Å²) < 4.78 is 0.680. The lowest BCUT2D eigenvalue weighted by molar-refractivity contribution is 0.0647. The molecule has 0 atom stereocenters. The molecule has 2 aromatic rings. The van der Waals surface area contributed by atoms with E-state index in [0.717, 1.165) is 5.56 Å². The van der Waals surface area contributed by atoms with Crippen LogP contribution in [-0.4, -0.2) is 27.1 Å². The summed E-state index contributed by atoms with van der Waals surface area (Å²) in [5.41, 5.74) is 0.704. The second kappa shape index (κ2) is 3.57. The minimum atomic E-state index is -1.33. The van der Waals surface area contributed by atoms with Crippen LogP contribution < -0.4 is 0 Å². The zero-order valence-corrected chi connectivity index (χ0v) is 9.04. The van der Waals surface area contributed by atoms with Crippen LogP contribution in [0.1, 0.15) is 26.4 Å². The third kappa shape index (κ3) is 1.53. The number of rotatable bonds is 2. The molecule has 2 heterocycles. The molecule has 0 aliphatic rings. The molecule has 0 amide bonds. The molecule has 5 nitrogen and oxygen atoms in total. The van der Waals surface area contributed by atoms with Gasteiger partial charge in [0.1, 0.15) is 0 Å². The van der Waals surface area contributed by atoms with Gasteiger partial charge in [-0.05, 0) is 23.9 Å². The molecule has 2 rings (SSSR count). The van der Waals surface area contributed by atoms with Crippen LogP contribution in [-0.2, 0) is 0 Å². The highest BCUT2D eigenvalue weighted by Crippen LogP contribution is 2.26. The number of aromatic carboxylic acids is 2. The van der Waals surface area contributed by atoms with Crippen LogP contribution >= 0.6 is 11.3 Å². The first-order valence-electron chi connectivity index (χ1n) is 4.36. The highest BCUT2D eigenvalue weighted by Gasteiger charge is 2.19. The monoisotopic (exact) mass is 237 g/mol. The molecular weight excluding hydrogens is 230 g/mol. The van der Waals surface area contributed by atoms with Crippen molar-refractivity contribution in [1.29, 1.82) is 0 Å². The molecule has 16 heavy (non-hydrogen) atoms. The Labute approximate surface area is 94.0 Å². The van der Waals surface area contributed by atoms with Gasteiger partial charge in [0.2, 0.25) is 0 Å². The number of carbonyl (C=O) groups is 2. The topological polar surface area (TPSA) is 87.5 Å². The molecule has 6 heteroatoms. The van der Waals surface area contributed by atoms with Crippen molar-refractivity contribution in [2.45, 2.75) is 6.92 Å². The third-order valence-corrected chi connectivity index (χ3v) is 3.19. The number of aromatic nitrogens is 1. The highest BCUT2D eigenvalue weighted by atomic mass is 32.1. The minimum Gasteiger partial charge on any atom is -0.478 e. The van der Waals surface area contributed by atoms with Crippen LogP contribution in [0.2, 0.25) is 0 Å². The Bertz CT molecular complexity index is 602. The van der Waals surface area contributed by atoms with Crippen LogP contribution in [0.15, 0.2) is 11.4 Å². The van der Waals surface area contributed by atoms with Gasteiger partial charge in [-0.2, -0.15) is 0 Å². The maximum atomic E-state index is 10.9. The van der Waals surface area contributed by atoms with Crippen LogP contribution in [0.5, 0.6) is 0 Å². The Morgan fingerprint density at radius 1 is 1.31 bits per heavy atom. The SMILES string of the molecule is Cc1csc2cc(C(=O)O)c(C(=O)O)nc12. The number of aryl methyl sites for hydroxylation is 1. The summed E-state index contributed by atoms with van der Waals surface area (Å²) >= 11 is 1.35. The summed E-state index contributed by atoms with van der Waals surface area (Å²) in [7, 11) is 0. The van der Waals surface area contributed by atoms with E-state index in [1.54, 1.807) is 6.92 Å². The van der Waals surface area contributed by atoms with Crippen molar-refractivity contribution in [1.82, 2.24) is 4.98 Å². The summed E-state index contributed by atoms with van der Waals surface area (Å²) in [5, 5.41) is 19.6. The number of hydrogen-bond donors (Lipinski definition) is 2. The lowest BCUT2D eigenvalue weighted by Gasteiger charge is -2.01. The number of pyridine rings is 1. The van der Waals surface area contributed by atoms with Gasteiger partial charge in [-0.1, -0.05) is 0 Å². The summed E-state index contributed by atoms with van der Waals surface area (Å²) in [6, 6.07) is 1.35. The zero-order chi connectivity index (χ0) is 11.9. The van der Waals surface area contributed by atoms with E-state index in [-0.39, 0.29) is 5.56 Å². The van der Waals surface area contributed by atoms with Crippen LogP contribution in [0.25, 0.3) is 10.2 Å². The molecule has 0 bridgehead atoms. The Morgan fingerprint density at radius 2 is 2.00 bits per heavy atom. The van der Waals surface area contributed by atoms with Gasteiger partial charge in [-0.15, -0.1) is 11.3 Å². The van der Waals surface area contributed by atoms with Crippen molar-refractivity contribution < 1.29 is 19.8 Å². The second-order valence-electron chi connectivity index (χ2n) is 3.26.